The SMILES string of the molecule is COc1ccc(OCCC(=O)N2CCN(C(C)(C)C3CC3)CC2)cc1OC. The van der Waals surface area contributed by atoms with Gasteiger partial charge in [-0.2, -0.15) is 0 Å². The molecule has 0 radical (unpaired) electrons. The van der Waals surface area contributed by atoms with Gasteiger partial charge in [0.25, 0.3) is 0 Å². The average Bonchev–Trinajstić information content (AvgIpc) is 3.53. The van der Waals surface area contributed by atoms with E-state index < -0.39 is 0 Å². The third-order valence-electron chi connectivity index (χ3n) is 5.96. The molecule has 0 bridgehead atoms. The lowest BCUT2D eigenvalue weighted by molar-refractivity contribution is -0.134. The van der Waals surface area contributed by atoms with Gasteiger partial charge in [-0.1, -0.05) is 0 Å². The van der Waals surface area contributed by atoms with Crippen molar-refractivity contribution in [2.45, 2.75) is 38.6 Å². The second-order valence-electron chi connectivity index (χ2n) is 7.91. The molecule has 150 valence electrons. The van der Waals surface area contributed by atoms with Gasteiger partial charge in [-0.3, -0.25) is 9.69 Å². The van der Waals surface area contributed by atoms with Crippen molar-refractivity contribution in [1.29, 1.82) is 0 Å². The number of nitrogens with zero attached hydrogens (tertiary/aromatic N) is 2. The largest absolute Gasteiger partial charge is 0.493 e. The second-order valence-corrected chi connectivity index (χ2v) is 7.91. The number of hydrogen-bond acceptors (Lipinski definition) is 5. The van der Waals surface area contributed by atoms with Crippen molar-refractivity contribution >= 4 is 5.91 Å². The second kappa shape index (κ2) is 8.38. The standard InChI is InChI=1S/C21H32N2O4/c1-21(2,16-5-6-16)23-12-10-22(11-13-23)20(24)9-14-27-17-7-8-18(25-3)19(15-17)26-4/h7-8,15-16H,5-6,9-14H2,1-4H3. The van der Waals surface area contributed by atoms with Crippen molar-refractivity contribution in [3.8, 4) is 17.2 Å². The number of rotatable bonds is 8. The maximum Gasteiger partial charge on any atom is 0.226 e. The molecule has 1 aliphatic carbocycles. The van der Waals surface area contributed by atoms with Crippen molar-refractivity contribution < 1.29 is 19.0 Å². The minimum absolute atomic E-state index is 0.166. The van der Waals surface area contributed by atoms with Crippen LogP contribution in [0.2, 0.25) is 0 Å². The Bertz CT molecular complexity index is 650. The van der Waals surface area contributed by atoms with Crippen LogP contribution in [-0.2, 0) is 4.79 Å². The lowest BCUT2D eigenvalue weighted by atomic mass is 9.95. The minimum Gasteiger partial charge on any atom is -0.493 e. The molecule has 1 aromatic rings. The van der Waals surface area contributed by atoms with E-state index in [4.69, 9.17) is 14.2 Å². The molecule has 1 aliphatic heterocycles. The van der Waals surface area contributed by atoms with Gasteiger partial charge in [-0.15, -0.1) is 0 Å². The molecule has 0 N–H and O–H groups in total. The van der Waals surface area contributed by atoms with Gasteiger partial charge >= 0.3 is 0 Å². The van der Waals surface area contributed by atoms with Gasteiger partial charge in [-0.25, -0.2) is 0 Å². The smallest absolute Gasteiger partial charge is 0.226 e. The molecule has 3 rings (SSSR count). The van der Waals surface area contributed by atoms with E-state index in [1.807, 2.05) is 11.0 Å². The minimum atomic E-state index is 0.166. The summed E-state index contributed by atoms with van der Waals surface area (Å²) in [6.45, 7) is 8.61. The Morgan fingerprint density at radius 2 is 1.74 bits per heavy atom. The first-order valence-corrected chi connectivity index (χ1v) is 9.83. The van der Waals surface area contributed by atoms with Crippen LogP contribution in [0.4, 0.5) is 0 Å². The molecule has 1 heterocycles. The highest BCUT2D eigenvalue weighted by Gasteiger charge is 2.42. The number of amides is 1. The number of carbonyl (C=O) groups is 1. The van der Waals surface area contributed by atoms with Gasteiger partial charge in [0.2, 0.25) is 5.91 Å². The highest BCUT2D eigenvalue weighted by atomic mass is 16.5. The maximum absolute atomic E-state index is 12.5. The number of piperazine rings is 1. The number of carbonyl (C=O) groups excluding carboxylic acids is 1. The predicted molar refractivity (Wildman–Crippen MR) is 105 cm³/mol. The summed E-state index contributed by atoms with van der Waals surface area (Å²) in [5.74, 6) is 2.95. The zero-order chi connectivity index (χ0) is 19.4. The van der Waals surface area contributed by atoms with Gasteiger partial charge in [-0.05, 0) is 44.7 Å². The van der Waals surface area contributed by atoms with Crippen LogP contribution in [0.5, 0.6) is 17.2 Å². The molecule has 1 aromatic carbocycles. The Balaban J connectivity index is 1.42. The first-order valence-electron chi connectivity index (χ1n) is 9.83. The van der Waals surface area contributed by atoms with Gasteiger partial charge in [0.05, 0.1) is 27.2 Å². The maximum atomic E-state index is 12.5. The van der Waals surface area contributed by atoms with E-state index in [-0.39, 0.29) is 11.4 Å². The van der Waals surface area contributed by atoms with Crippen LogP contribution >= 0.6 is 0 Å². The van der Waals surface area contributed by atoms with Crippen molar-refractivity contribution in [3.05, 3.63) is 18.2 Å². The van der Waals surface area contributed by atoms with Gasteiger partial charge < -0.3 is 19.1 Å². The van der Waals surface area contributed by atoms with Crippen molar-refractivity contribution in [2.75, 3.05) is 47.0 Å². The summed E-state index contributed by atoms with van der Waals surface area (Å²) in [6.07, 6.45) is 3.08. The van der Waals surface area contributed by atoms with Crippen LogP contribution in [0.25, 0.3) is 0 Å². The molecular weight excluding hydrogens is 344 g/mol. The molecular formula is C21H32N2O4. The molecule has 1 saturated heterocycles. The van der Waals surface area contributed by atoms with Crippen molar-refractivity contribution in [1.82, 2.24) is 9.80 Å². The fraction of sp³-hybridized carbons (Fsp3) is 0.667. The summed E-state index contributed by atoms with van der Waals surface area (Å²) in [4.78, 5) is 17.0. The number of ether oxygens (including phenoxy) is 3. The van der Waals surface area contributed by atoms with Crippen LogP contribution in [0.3, 0.4) is 0 Å². The van der Waals surface area contributed by atoms with Crippen molar-refractivity contribution in [2.24, 2.45) is 5.92 Å². The number of benzene rings is 1. The fourth-order valence-corrected chi connectivity index (χ4v) is 3.90. The monoisotopic (exact) mass is 376 g/mol. The lowest BCUT2D eigenvalue weighted by Crippen LogP contribution is -2.56. The number of methoxy groups -OCH3 is 2. The summed E-state index contributed by atoms with van der Waals surface area (Å²) >= 11 is 0. The van der Waals surface area contributed by atoms with E-state index in [1.165, 1.54) is 12.8 Å². The third-order valence-corrected chi connectivity index (χ3v) is 5.96. The zero-order valence-electron chi connectivity index (χ0n) is 17.0. The quantitative estimate of drug-likeness (QED) is 0.698. The average molecular weight is 376 g/mol. The molecule has 0 aromatic heterocycles. The predicted octanol–water partition coefficient (Wildman–Crippen LogP) is 2.81. The Hall–Kier alpha value is -1.95. The summed E-state index contributed by atoms with van der Waals surface area (Å²) < 4.78 is 16.2. The Morgan fingerprint density at radius 3 is 2.33 bits per heavy atom. The lowest BCUT2D eigenvalue weighted by Gasteiger charge is -2.44. The molecule has 27 heavy (non-hydrogen) atoms. The third kappa shape index (κ3) is 4.67. The number of hydrogen-bond donors (Lipinski definition) is 0. The van der Waals surface area contributed by atoms with Gasteiger partial charge in [0.15, 0.2) is 11.5 Å². The van der Waals surface area contributed by atoms with E-state index >= 15 is 0 Å². The van der Waals surface area contributed by atoms with E-state index in [1.54, 1.807) is 26.4 Å². The topological polar surface area (TPSA) is 51.2 Å². The first-order chi connectivity index (χ1) is 13.0. The molecule has 6 heteroatoms. The molecule has 6 nitrogen and oxygen atoms in total. The van der Waals surface area contributed by atoms with Crippen LogP contribution in [0.15, 0.2) is 18.2 Å². The van der Waals surface area contributed by atoms with Crippen molar-refractivity contribution in [3.63, 3.8) is 0 Å². The van der Waals surface area contributed by atoms with Crippen LogP contribution in [-0.4, -0.2) is 68.3 Å². The molecule has 0 spiro atoms. The highest BCUT2D eigenvalue weighted by molar-refractivity contribution is 5.76. The Kier molecular flexibility index (Phi) is 6.15. The molecule has 2 aliphatic rings. The molecule has 0 unspecified atom stereocenters. The fourth-order valence-electron chi connectivity index (χ4n) is 3.90. The summed E-state index contributed by atoms with van der Waals surface area (Å²) in [7, 11) is 3.19. The van der Waals surface area contributed by atoms with Gasteiger partial charge in [0, 0.05) is 37.8 Å². The van der Waals surface area contributed by atoms with E-state index in [9.17, 15) is 4.79 Å². The molecule has 1 saturated carbocycles. The van der Waals surface area contributed by atoms with E-state index in [0.29, 0.717) is 30.3 Å². The summed E-state index contributed by atoms with van der Waals surface area (Å²) in [5.41, 5.74) is 0.270. The van der Waals surface area contributed by atoms with Crippen LogP contribution in [0, 0.1) is 5.92 Å². The zero-order valence-corrected chi connectivity index (χ0v) is 17.0. The Morgan fingerprint density at radius 1 is 1.07 bits per heavy atom. The van der Waals surface area contributed by atoms with Gasteiger partial charge in [0.1, 0.15) is 5.75 Å². The highest BCUT2D eigenvalue weighted by Crippen LogP contribution is 2.43. The summed E-state index contributed by atoms with van der Waals surface area (Å²) in [6, 6.07) is 5.41. The van der Waals surface area contributed by atoms with E-state index in [2.05, 4.69) is 18.7 Å². The molecule has 0 atom stereocenters. The first kappa shape index (κ1) is 19.8. The van der Waals surface area contributed by atoms with E-state index in [0.717, 1.165) is 32.1 Å². The van der Waals surface area contributed by atoms with Crippen LogP contribution < -0.4 is 14.2 Å². The summed E-state index contributed by atoms with van der Waals surface area (Å²) in [5, 5.41) is 0. The molecule has 1 amide bonds. The molecule has 2 fully saturated rings. The normalized spacial score (nSPS) is 18.3. The van der Waals surface area contributed by atoms with Crippen LogP contribution in [0.1, 0.15) is 33.1 Å². The Labute approximate surface area is 162 Å².